The minimum Gasteiger partial charge on any atom is -0.334 e. The lowest BCUT2D eigenvalue weighted by molar-refractivity contribution is 0.482. The molecule has 5 nitrogen and oxygen atoms in total. The molecule has 16 heavy (non-hydrogen) atoms. The highest BCUT2D eigenvalue weighted by Gasteiger charge is 2.06. The van der Waals surface area contributed by atoms with Gasteiger partial charge in [-0.2, -0.15) is 0 Å². The summed E-state index contributed by atoms with van der Waals surface area (Å²) in [5.41, 5.74) is 0. The fraction of sp³-hybridized carbons (Fsp3) is 0.700. The van der Waals surface area contributed by atoms with E-state index in [-0.39, 0.29) is 11.8 Å². The van der Waals surface area contributed by atoms with E-state index in [0.29, 0.717) is 6.54 Å². The number of hydrogen-bond acceptors (Lipinski definition) is 4. The van der Waals surface area contributed by atoms with E-state index in [2.05, 4.69) is 10.3 Å². The maximum atomic E-state index is 10.9. The van der Waals surface area contributed by atoms with E-state index in [4.69, 9.17) is 0 Å². The Morgan fingerprint density at radius 1 is 1.56 bits per heavy atom. The third-order valence-electron chi connectivity index (χ3n) is 2.36. The van der Waals surface area contributed by atoms with E-state index in [0.717, 1.165) is 12.4 Å². The average Bonchev–Trinajstić information content (AvgIpc) is 2.49. The van der Waals surface area contributed by atoms with Crippen molar-refractivity contribution in [2.45, 2.75) is 26.4 Å². The first-order valence-corrected chi connectivity index (χ1v) is 7.33. The van der Waals surface area contributed by atoms with Crippen LogP contribution in [0.1, 0.15) is 12.7 Å². The molecule has 1 rings (SSSR count). The van der Waals surface area contributed by atoms with Gasteiger partial charge in [0.1, 0.15) is 15.7 Å². The summed E-state index contributed by atoms with van der Waals surface area (Å²) in [6.45, 7) is 5.27. The van der Waals surface area contributed by atoms with Crippen LogP contribution in [0.2, 0.25) is 0 Å². The second kappa shape index (κ2) is 5.45. The number of rotatable bonds is 6. The summed E-state index contributed by atoms with van der Waals surface area (Å²) in [5, 5.41) is 3.18. The summed E-state index contributed by atoms with van der Waals surface area (Å²) in [5.74, 6) is 1.15. The SMILES string of the molecule is Cc1nccn1CC(C)NCCS(C)(=O)=O. The molecule has 0 aliphatic heterocycles. The van der Waals surface area contributed by atoms with Gasteiger partial charge in [0.2, 0.25) is 0 Å². The van der Waals surface area contributed by atoms with E-state index in [1.165, 1.54) is 6.26 Å². The fourth-order valence-electron chi connectivity index (χ4n) is 1.45. The highest BCUT2D eigenvalue weighted by molar-refractivity contribution is 7.90. The summed E-state index contributed by atoms with van der Waals surface area (Å²) < 4.78 is 23.9. The van der Waals surface area contributed by atoms with Gasteiger partial charge in [-0.3, -0.25) is 0 Å². The lowest BCUT2D eigenvalue weighted by Gasteiger charge is -2.14. The molecule has 1 aromatic heterocycles. The van der Waals surface area contributed by atoms with Gasteiger partial charge in [0.15, 0.2) is 0 Å². The molecule has 0 spiro atoms. The van der Waals surface area contributed by atoms with Crippen molar-refractivity contribution >= 4 is 9.84 Å². The van der Waals surface area contributed by atoms with E-state index < -0.39 is 9.84 Å². The van der Waals surface area contributed by atoms with Crippen LogP contribution in [0, 0.1) is 6.92 Å². The lowest BCUT2D eigenvalue weighted by atomic mass is 10.3. The van der Waals surface area contributed by atoms with Crippen LogP contribution in [0.4, 0.5) is 0 Å². The smallest absolute Gasteiger partial charge is 0.148 e. The van der Waals surface area contributed by atoms with Crippen LogP contribution < -0.4 is 5.32 Å². The Kier molecular flexibility index (Phi) is 4.49. The van der Waals surface area contributed by atoms with Crippen molar-refractivity contribution in [3.05, 3.63) is 18.2 Å². The Bertz CT molecular complexity index is 425. The van der Waals surface area contributed by atoms with Gasteiger partial charge in [0.25, 0.3) is 0 Å². The van der Waals surface area contributed by atoms with Crippen molar-refractivity contribution in [3.8, 4) is 0 Å². The molecule has 6 heteroatoms. The molecule has 0 saturated heterocycles. The summed E-state index contributed by atoms with van der Waals surface area (Å²) in [7, 11) is -2.87. The number of aryl methyl sites for hydroxylation is 1. The molecule has 1 atom stereocenters. The molecule has 1 aromatic rings. The first-order valence-electron chi connectivity index (χ1n) is 5.27. The van der Waals surface area contributed by atoms with Gasteiger partial charge in [0, 0.05) is 37.8 Å². The summed E-state index contributed by atoms with van der Waals surface area (Å²) >= 11 is 0. The predicted octanol–water partition coefficient (Wildman–Crippen LogP) is 0.214. The van der Waals surface area contributed by atoms with Gasteiger partial charge < -0.3 is 9.88 Å². The third kappa shape index (κ3) is 4.76. The minimum absolute atomic E-state index is 0.181. The zero-order valence-corrected chi connectivity index (χ0v) is 10.8. The van der Waals surface area contributed by atoms with Gasteiger partial charge in [-0.15, -0.1) is 0 Å². The summed E-state index contributed by atoms with van der Waals surface area (Å²) in [6, 6.07) is 0.231. The van der Waals surface area contributed by atoms with Crippen molar-refractivity contribution in [1.82, 2.24) is 14.9 Å². The highest BCUT2D eigenvalue weighted by atomic mass is 32.2. The molecule has 0 aromatic carbocycles. The Labute approximate surface area is 96.8 Å². The summed E-state index contributed by atoms with van der Waals surface area (Å²) in [6.07, 6.45) is 4.93. The molecule has 1 heterocycles. The second-order valence-electron chi connectivity index (χ2n) is 4.11. The Morgan fingerprint density at radius 3 is 2.75 bits per heavy atom. The largest absolute Gasteiger partial charge is 0.334 e. The molecule has 0 aliphatic rings. The van der Waals surface area contributed by atoms with Crippen LogP contribution in [0.25, 0.3) is 0 Å². The molecule has 0 saturated carbocycles. The molecule has 92 valence electrons. The second-order valence-corrected chi connectivity index (χ2v) is 6.37. The normalized spacial score (nSPS) is 13.9. The molecule has 0 radical (unpaired) electrons. The van der Waals surface area contributed by atoms with Crippen LogP contribution in [0.3, 0.4) is 0 Å². The summed E-state index contributed by atoms with van der Waals surface area (Å²) in [4.78, 5) is 4.13. The molecule has 0 amide bonds. The van der Waals surface area contributed by atoms with Crippen LogP contribution in [-0.4, -0.2) is 42.6 Å². The van der Waals surface area contributed by atoms with Crippen molar-refractivity contribution in [1.29, 1.82) is 0 Å². The molecule has 0 bridgehead atoms. The zero-order valence-electron chi connectivity index (χ0n) is 9.97. The fourth-order valence-corrected chi connectivity index (χ4v) is 1.94. The van der Waals surface area contributed by atoms with Crippen molar-refractivity contribution < 1.29 is 8.42 Å². The van der Waals surface area contributed by atoms with Crippen molar-refractivity contribution in [2.75, 3.05) is 18.6 Å². The molecule has 1 unspecified atom stereocenters. The number of nitrogens with one attached hydrogen (secondary N) is 1. The monoisotopic (exact) mass is 245 g/mol. The number of aromatic nitrogens is 2. The maximum Gasteiger partial charge on any atom is 0.148 e. The standard InChI is InChI=1S/C10H19N3O2S/c1-9(11-5-7-16(3,14)15)8-13-6-4-12-10(13)2/h4,6,9,11H,5,7-8H2,1-3H3. The first-order chi connectivity index (χ1) is 7.38. The number of sulfone groups is 1. The number of imidazole rings is 1. The molecule has 0 aliphatic carbocycles. The van der Waals surface area contributed by atoms with Crippen LogP contribution in [-0.2, 0) is 16.4 Å². The minimum atomic E-state index is -2.87. The quantitative estimate of drug-likeness (QED) is 0.778. The van der Waals surface area contributed by atoms with E-state index in [9.17, 15) is 8.42 Å². The average molecular weight is 245 g/mol. The number of nitrogens with zero attached hydrogens (tertiary/aromatic N) is 2. The Morgan fingerprint density at radius 2 is 2.25 bits per heavy atom. The van der Waals surface area contributed by atoms with E-state index in [1.54, 1.807) is 6.20 Å². The third-order valence-corrected chi connectivity index (χ3v) is 3.31. The van der Waals surface area contributed by atoms with E-state index in [1.807, 2.05) is 24.6 Å². The van der Waals surface area contributed by atoms with Gasteiger partial charge in [-0.05, 0) is 13.8 Å². The predicted molar refractivity (Wildman–Crippen MR) is 64.1 cm³/mol. The van der Waals surface area contributed by atoms with Gasteiger partial charge in [-0.1, -0.05) is 0 Å². The van der Waals surface area contributed by atoms with Crippen LogP contribution in [0.5, 0.6) is 0 Å². The van der Waals surface area contributed by atoms with E-state index >= 15 is 0 Å². The van der Waals surface area contributed by atoms with Crippen LogP contribution >= 0.6 is 0 Å². The molecule has 0 fully saturated rings. The van der Waals surface area contributed by atoms with Gasteiger partial charge in [-0.25, -0.2) is 13.4 Å². The highest BCUT2D eigenvalue weighted by Crippen LogP contribution is 1.97. The topological polar surface area (TPSA) is 64.0 Å². The Balaban J connectivity index is 2.32. The van der Waals surface area contributed by atoms with Crippen molar-refractivity contribution in [2.24, 2.45) is 0 Å². The van der Waals surface area contributed by atoms with Crippen molar-refractivity contribution in [3.63, 3.8) is 0 Å². The number of hydrogen-bond donors (Lipinski definition) is 1. The molecule has 1 N–H and O–H groups in total. The molecular weight excluding hydrogens is 226 g/mol. The Hall–Kier alpha value is -0.880. The lowest BCUT2D eigenvalue weighted by Crippen LogP contribution is -2.34. The zero-order chi connectivity index (χ0) is 12.2. The van der Waals surface area contributed by atoms with Gasteiger partial charge >= 0.3 is 0 Å². The maximum absolute atomic E-state index is 10.9. The molecular formula is C10H19N3O2S. The first kappa shape index (κ1) is 13.2. The van der Waals surface area contributed by atoms with Gasteiger partial charge in [0.05, 0.1) is 5.75 Å². The van der Waals surface area contributed by atoms with Crippen LogP contribution in [0.15, 0.2) is 12.4 Å².